The minimum atomic E-state index is -0.789. The zero-order valence-electron chi connectivity index (χ0n) is 11.9. The predicted octanol–water partition coefficient (Wildman–Crippen LogP) is 1.32. The van der Waals surface area contributed by atoms with Crippen LogP contribution in [0.4, 0.5) is 4.79 Å². The van der Waals surface area contributed by atoms with Gasteiger partial charge in [0.15, 0.2) is 0 Å². The van der Waals surface area contributed by atoms with Crippen LogP contribution in [0, 0.1) is 0 Å². The molecule has 0 radical (unpaired) electrons. The van der Waals surface area contributed by atoms with Gasteiger partial charge in [-0.25, -0.2) is 9.59 Å². The van der Waals surface area contributed by atoms with Crippen LogP contribution in [0.2, 0.25) is 0 Å². The fourth-order valence-corrected chi connectivity index (χ4v) is 2.27. The number of carbonyl (C=O) groups is 2. The van der Waals surface area contributed by atoms with Gasteiger partial charge in [0.25, 0.3) is 0 Å². The highest BCUT2D eigenvalue weighted by Crippen LogP contribution is 2.20. The van der Waals surface area contributed by atoms with Crippen LogP contribution in [-0.4, -0.2) is 47.4 Å². The van der Waals surface area contributed by atoms with Gasteiger partial charge in [0, 0.05) is 6.42 Å². The number of β-amino-alcohol motifs (C(OH)–C–C–N with tert-alkyl or cyclic N) is 1. The number of aliphatic hydroxyl groups excluding tert-OH is 1. The summed E-state index contributed by atoms with van der Waals surface area (Å²) in [6.07, 6.45) is -1.16. The summed E-state index contributed by atoms with van der Waals surface area (Å²) in [5, 5.41) is 9.66. The summed E-state index contributed by atoms with van der Waals surface area (Å²) in [4.78, 5) is 25.1. The molecular formula is C15H19NO5. The second-order valence-corrected chi connectivity index (χ2v) is 4.85. The molecule has 6 heteroatoms. The summed E-state index contributed by atoms with van der Waals surface area (Å²) in [5.74, 6) is -0.525. The number of nitrogens with zero attached hydrogens (tertiary/aromatic N) is 1. The van der Waals surface area contributed by atoms with Gasteiger partial charge in [0.05, 0.1) is 19.3 Å². The Kier molecular flexibility index (Phi) is 5.16. The number of aliphatic hydroxyl groups is 1. The summed E-state index contributed by atoms with van der Waals surface area (Å²) in [6.45, 7) is 2.14. The summed E-state index contributed by atoms with van der Waals surface area (Å²) in [6, 6.07) is 8.49. The fourth-order valence-electron chi connectivity index (χ4n) is 2.27. The van der Waals surface area contributed by atoms with E-state index in [1.165, 1.54) is 4.90 Å². The van der Waals surface area contributed by atoms with Crippen LogP contribution in [0.1, 0.15) is 18.9 Å². The number of rotatable bonds is 4. The Morgan fingerprint density at radius 1 is 1.29 bits per heavy atom. The molecular weight excluding hydrogens is 274 g/mol. The highest BCUT2D eigenvalue weighted by molar-refractivity contribution is 5.82. The second kappa shape index (κ2) is 7.08. The van der Waals surface area contributed by atoms with E-state index in [-0.39, 0.29) is 26.2 Å². The topological polar surface area (TPSA) is 76.1 Å². The van der Waals surface area contributed by atoms with E-state index in [2.05, 4.69) is 0 Å². The minimum absolute atomic E-state index is 0.0872. The predicted molar refractivity (Wildman–Crippen MR) is 74.4 cm³/mol. The smallest absolute Gasteiger partial charge is 0.410 e. The van der Waals surface area contributed by atoms with Crippen molar-refractivity contribution < 1.29 is 24.2 Å². The van der Waals surface area contributed by atoms with E-state index in [1.807, 2.05) is 30.3 Å². The van der Waals surface area contributed by atoms with Crippen LogP contribution in [-0.2, 0) is 20.9 Å². The van der Waals surface area contributed by atoms with Crippen molar-refractivity contribution in [2.24, 2.45) is 0 Å². The van der Waals surface area contributed by atoms with Crippen molar-refractivity contribution in [1.29, 1.82) is 0 Å². The number of benzene rings is 1. The van der Waals surface area contributed by atoms with Crippen LogP contribution in [0.5, 0.6) is 0 Å². The molecule has 6 nitrogen and oxygen atoms in total. The summed E-state index contributed by atoms with van der Waals surface area (Å²) >= 11 is 0. The molecule has 1 fully saturated rings. The Balaban J connectivity index is 1.94. The van der Waals surface area contributed by atoms with E-state index in [0.29, 0.717) is 0 Å². The van der Waals surface area contributed by atoms with Gasteiger partial charge in [-0.2, -0.15) is 0 Å². The van der Waals surface area contributed by atoms with E-state index in [1.54, 1.807) is 6.92 Å². The van der Waals surface area contributed by atoms with Crippen LogP contribution in [0.15, 0.2) is 30.3 Å². The number of carbonyl (C=O) groups excluding carboxylic acids is 2. The van der Waals surface area contributed by atoms with Crippen LogP contribution in [0.3, 0.4) is 0 Å². The van der Waals surface area contributed by atoms with Gasteiger partial charge in [-0.05, 0) is 12.5 Å². The lowest BCUT2D eigenvalue weighted by Gasteiger charge is -2.21. The Morgan fingerprint density at radius 3 is 2.67 bits per heavy atom. The van der Waals surface area contributed by atoms with Crippen LogP contribution < -0.4 is 0 Å². The van der Waals surface area contributed by atoms with Gasteiger partial charge in [-0.15, -0.1) is 0 Å². The molecule has 1 aliphatic heterocycles. The molecule has 114 valence electrons. The average molecular weight is 293 g/mol. The monoisotopic (exact) mass is 293 g/mol. The Bertz CT molecular complexity index is 490. The van der Waals surface area contributed by atoms with Gasteiger partial charge in [0.2, 0.25) is 0 Å². The molecule has 0 spiro atoms. The summed E-state index contributed by atoms with van der Waals surface area (Å²) < 4.78 is 10.1. The molecule has 21 heavy (non-hydrogen) atoms. The molecule has 0 bridgehead atoms. The van der Waals surface area contributed by atoms with Crippen LogP contribution >= 0.6 is 0 Å². The molecule has 1 aromatic carbocycles. The Hall–Kier alpha value is -2.08. The lowest BCUT2D eigenvalue weighted by Crippen LogP contribution is -2.41. The lowest BCUT2D eigenvalue weighted by molar-refractivity contribution is -0.149. The quantitative estimate of drug-likeness (QED) is 0.847. The maximum Gasteiger partial charge on any atom is 0.410 e. The molecule has 0 saturated carbocycles. The number of hydrogen-bond donors (Lipinski definition) is 1. The SMILES string of the molecule is CCOC(=O)N1C[C@H](O)C[C@H]1C(=O)OCc1ccccc1. The standard InChI is InChI=1S/C15H19NO5/c1-2-20-15(19)16-9-12(17)8-13(16)14(18)21-10-11-6-4-3-5-7-11/h3-7,12-13,17H,2,8-10H2,1H3/t12-,13+/m1/s1. The van der Waals surface area contributed by atoms with Gasteiger partial charge < -0.3 is 14.6 Å². The first-order chi connectivity index (χ1) is 10.1. The van der Waals surface area contributed by atoms with E-state index >= 15 is 0 Å². The molecule has 1 aliphatic rings. The average Bonchev–Trinajstić information content (AvgIpc) is 2.88. The number of likely N-dealkylation sites (tertiary alicyclic amines) is 1. The maximum absolute atomic E-state index is 12.1. The molecule has 2 atom stereocenters. The highest BCUT2D eigenvalue weighted by Gasteiger charge is 2.40. The van der Waals surface area contributed by atoms with Crippen molar-refractivity contribution in [2.45, 2.75) is 32.1 Å². The van der Waals surface area contributed by atoms with Gasteiger partial charge in [-0.1, -0.05) is 30.3 Å². The Labute approximate surface area is 123 Å². The molecule has 1 N–H and O–H groups in total. The second-order valence-electron chi connectivity index (χ2n) is 4.85. The molecule has 1 amide bonds. The first-order valence-electron chi connectivity index (χ1n) is 6.93. The van der Waals surface area contributed by atoms with E-state index in [4.69, 9.17) is 9.47 Å². The zero-order valence-corrected chi connectivity index (χ0v) is 11.9. The number of hydrogen-bond acceptors (Lipinski definition) is 5. The molecule has 0 aliphatic carbocycles. The van der Waals surface area contributed by atoms with E-state index in [9.17, 15) is 14.7 Å². The fraction of sp³-hybridized carbons (Fsp3) is 0.467. The third-order valence-corrected chi connectivity index (χ3v) is 3.28. The molecule has 1 saturated heterocycles. The normalized spacial score (nSPS) is 21.1. The zero-order chi connectivity index (χ0) is 15.2. The molecule has 1 heterocycles. The van der Waals surface area contributed by atoms with Crippen molar-refractivity contribution >= 4 is 12.1 Å². The van der Waals surface area contributed by atoms with E-state index < -0.39 is 24.2 Å². The molecule has 0 aromatic heterocycles. The van der Waals surface area contributed by atoms with Crippen molar-refractivity contribution in [3.8, 4) is 0 Å². The van der Waals surface area contributed by atoms with Crippen molar-refractivity contribution in [3.63, 3.8) is 0 Å². The lowest BCUT2D eigenvalue weighted by atomic mass is 10.2. The van der Waals surface area contributed by atoms with Crippen molar-refractivity contribution in [1.82, 2.24) is 4.90 Å². The maximum atomic E-state index is 12.1. The highest BCUT2D eigenvalue weighted by atomic mass is 16.6. The summed E-state index contributed by atoms with van der Waals surface area (Å²) in [7, 11) is 0. The largest absolute Gasteiger partial charge is 0.459 e. The van der Waals surface area contributed by atoms with Gasteiger partial charge in [-0.3, -0.25) is 4.90 Å². The number of amides is 1. The first kappa shape index (κ1) is 15.3. The first-order valence-corrected chi connectivity index (χ1v) is 6.93. The van der Waals surface area contributed by atoms with Crippen LogP contribution in [0.25, 0.3) is 0 Å². The molecule has 1 aromatic rings. The van der Waals surface area contributed by atoms with Crippen molar-refractivity contribution in [2.75, 3.05) is 13.2 Å². The van der Waals surface area contributed by atoms with Gasteiger partial charge in [0.1, 0.15) is 12.6 Å². The minimum Gasteiger partial charge on any atom is -0.459 e. The van der Waals surface area contributed by atoms with Crippen molar-refractivity contribution in [3.05, 3.63) is 35.9 Å². The number of esters is 1. The third kappa shape index (κ3) is 3.95. The number of ether oxygens (including phenoxy) is 2. The van der Waals surface area contributed by atoms with E-state index in [0.717, 1.165) is 5.56 Å². The van der Waals surface area contributed by atoms with Gasteiger partial charge >= 0.3 is 12.1 Å². The third-order valence-electron chi connectivity index (χ3n) is 3.28. The Morgan fingerprint density at radius 2 is 2.00 bits per heavy atom. The molecule has 0 unspecified atom stereocenters. The summed E-state index contributed by atoms with van der Waals surface area (Å²) in [5.41, 5.74) is 0.868. The molecule has 2 rings (SSSR count).